The first-order valence-electron chi connectivity index (χ1n) is 8.43. The normalized spacial score (nSPS) is 16.0. The first-order valence-corrected chi connectivity index (χ1v) is 8.43. The molecule has 2 aromatic rings. The number of piperidine rings is 1. The molecule has 0 radical (unpaired) electrons. The summed E-state index contributed by atoms with van der Waals surface area (Å²) in [5.41, 5.74) is 1.80. The van der Waals surface area contributed by atoms with Crippen LogP contribution in [-0.4, -0.2) is 45.9 Å². The largest absolute Gasteiger partial charge is 0.477 e. The smallest absolute Gasteiger partial charge is 0.214 e. The predicted molar refractivity (Wildman–Crippen MR) is 90.6 cm³/mol. The lowest BCUT2D eigenvalue weighted by atomic mass is 9.98. The minimum atomic E-state index is 0.547. The molecule has 6 nitrogen and oxygen atoms in total. The second kappa shape index (κ2) is 7.93. The molecular weight excluding hydrogens is 302 g/mol. The Morgan fingerprint density at radius 3 is 2.88 bits per heavy atom. The quantitative estimate of drug-likeness (QED) is 0.815. The molecule has 0 spiro atoms. The van der Waals surface area contributed by atoms with Crippen molar-refractivity contribution in [1.29, 1.82) is 5.26 Å². The number of ether oxygens (including phenoxy) is 1. The van der Waals surface area contributed by atoms with Gasteiger partial charge in [-0.3, -0.25) is 4.68 Å². The van der Waals surface area contributed by atoms with Crippen molar-refractivity contribution >= 4 is 0 Å². The number of nitrogens with zero attached hydrogens (tertiary/aromatic N) is 5. The van der Waals surface area contributed by atoms with Crippen LogP contribution >= 0.6 is 0 Å². The predicted octanol–water partition coefficient (Wildman–Crippen LogP) is 2.25. The van der Waals surface area contributed by atoms with Crippen molar-refractivity contribution in [2.45, 2.75) is 26.3 Å². The van der Waals surface area contributed by atoms with Crippen LogP contribution in [0.15, 0.2) is 30.7 Å². The van der Waals surface area contributed by atoms with E-state index in [9.17, 15) is 0 Å². The van der Waals surface area contributed by atoms with Crippen molar-refractivity contribution in [1.82, 2.24) is 19.7 Å². The molecule has 0 bridgehead atoms. The Hall–Kier alpha value is -2.39. The summed E-state index contributed by atoms with van der Waals surface area (Å²) in [5, 5.41) is 13.2. The van der Waals surface area contributed by atoms with E-state index in [1.807, 2.05) is 10.9 Å². The van der Waals surface area contributed by atoms with Crippen LogP contribution in [0.3, 0.4) is 0 Å². The lowest BCUT2D eigenvalue weighted by Gasteiger charge is -2.31. The van der Waals surface area contributed by atoms with Gasteiger partial charge in [-0.15, -0.1) is 0 Å². The van der Waals surface area contributed by atoms with Crippen LogP contribution in [0.4, 0.5) is 0 Å². The fraction of sp³-hybridized carbons (Fsp3) is 0.500. The molecule has 0 saturated carbocycles. The van der Waals surface area contributed by atoms with Gasteiger partial charge in [0.2, 0.25) is 5.88 Å². The van der Waals surface area contributed by atoms with E-state index >= 15 is 0 Å². The number of aromatic nitrogens is 3. The number of hydrogen-bond acceptors (Lipinski definition) is 5. The third-order valence-corrected chi connectivity index (χ3v) is 4.45. The highest BCUT2D eigenvalue weighted by molar-refractivity contribution is 5.31. The molecule has 3 heterocycles. The summed E-state index contributed by atoms with van der Waals surface area (Å²) >= 11 is 0. The Morgan fingerprint density at radius 1 is 1.33 bits per heavy atom. The molecule has 126 valence electrons. The van der Waals surface area contributed by atoms with E-state index in [2.05, 4.69) is 34.2 Å². The van der Waals surface area contributed by atoms with Gasteiger partial charge in [-0.25, -0.2) is 4.98 Å². The van der Waals surface area contributed by atoms with Gasteiger partial charge < -0.3 is 9.64 Å². The molecule has 24 heavy (non-hydrogen) atoms. The minimum absolute atomic E-state index is 0.547. The SMILES string of the molecule is Cc1cnn(CCN2CCC(COc3cc(C#N)ccn3)CC2)c1. The van der Waals surface area contributed by atoms with Crippen LogP contribution in [-0.2, 0) is 6.54 Å². The zero-order valence-electron chi connectivity index (χ0n) is 14.1. The molecule has 2 aromatic heterocycles. The van der Waals surface area contributed by atoms with Gasteiger partial charge in [-0.05, 0) is 50.4 Å². The topological polar surface area (TPSA) is 67.0 Å². The van der Waals surface area contributed by atoms with Gasteiger partial charge >= 0.3 is 0 Å². The van der Waals surface area contributed by atoms with Crippen molar-refractivity contribution in [3.05, 3.63) is 41.9 Å². The maximum absolute atomic E-state index is 8.90. The average Bonchev–Trinajstić information content (AvgIpc) is 3.04. The Morgan fingerprint density at radius 2 is 2.17 bits per heavy atom. The molecule has 0 unspecified atom stereocenters. The van der Waals surface area contributed by atoms with E-state index in [1.165, 1.54) is 5.56 Å². The van der Waals surface area contributed by atoms with Gasteiger partial charge in [0.15, 0.2) is 0 Å². The van der Waals surface area contributed by atoms with Crippen molar-refractivity contribution in [3.63, 3.8) is 0 Å². The highest BCUT2D eigenvalue weighted by Gasteiger charge is 2.19. The van der Waals surface area contributed by atoms with E-state index in [0.717, 1.165) is 39.0 Å². The summed E-state index contributed by atoms with van der Waals surface area (Å²) in [6.45, 7) is 6.92. The van der Waals surface area contributed by atoms with Crippen molar-refractivity contribution in [2.24, 2.45) is 5.92 Å². The number of hydrogen-bond donors (Lipinski definition) is 0. The van der Waals surface area contributed by atoms with Gasteiger partial charge in [0.25, 0.3) is 0 Å². The summed E-state index contributed by atoms with van der Waals surface area (Å²) in [5.74, 6) is 1.10. The number of pyridine rings is 1. The Labute approximate surface area is 142 Å². The van der Waals surface area contributed by atoms with Gasteiger partial charge in [-0.1, -0.05) is 0 Å². The molecule has 0 aliphatic carbocycles. The molecule has 1 aliphatic heterocycles. The molecular formula is C18H23N5O. The molecule has 6 heteroatoms. The van der Waals surface area contributed by atoms with Gasteiger partial charge in [0.05, 0.1) is 31.0 Å². The van der Waals surface area contributed by atoms with Crippen LogP contribution in [0, 0.1) is 24.2 Å². The fourth-order valence-corrected chi connectivity index (χ4v) is 2.97. The van der Waals surface area contributed by atoms with Crippen LogP contribution in [0.1, 0.15) is 24.0 Å². The van der Waals surface area contributed by atoms with Crippen LogP contribution < -0.4 is 4.74 Å². The number of rotatable bonds is 6. The molecule has 1 saturated heterocycles. The summed E-state index contributed by atoms with van der Waals surface area (Å²) in [6.07, 6.45) is 7.88. The number of aryl methyl sites for hydroxylation is 1. The third kappa shape index (κ3) is 4.56. The molecule has 3 rings (SSSR count). The average molecular weight is 325 g/mol. The Bertz CT molecular complexity index is 697. The number of nitriles is 1. The second-order valence-corrected chi connectivity index (χ2v) is 6.37. The molecule has 0 N–H and O–H groups in total. The fourth-order valence-electron chi connectivity index (χ4n) is 2.97. The lowest BCUT2D eigenvalue weighted by molar-refractivity contribution is 0.135. The van der Waals surface area contributed by atoms with Crippen LogP contribution in [0.25, 0.3) is 0 Å². The van der Waals surface area contributed by atoms with Crippen molar-refractivity contribution in [3.8, 4) is 11.9 Å². The second-order valence-electron chi connectivity index (χ2n) is 6.37. The molecule has 1 aliphatic rings. The van der Waals surface area contributed by atoms with E-state index in [1.54, 1.807) is 18.3 Å². The van der Waals surface area contributed by atoms with Crippen molar-refractivity contribution in [2.75, 3.05) is 26.2 Å². The maximum Gasteiger partial charge on any atom is 0.214 e. The summed E-state index contributed by atoms with van der Waals surface area (Å²) in [4.78, 5) is 6.65. The first-order chi connectivity index (χ1) is 11.7. The van der Waals surface area contributed by atoms with Crippen molar-refractivity contribution < 1.29 is 4.74 Å². The minimum Gasteiger partial charge on any atom is -0.477 e. The van der Waals surface area contributed by atoms with E-state index in [4.69, 9.17) is 10.00 Å². The van der Waals surface area contributed by atoms with Crippen LogP contribution in [0.2, 0.25) is 0 Å². The number of likely N-dealkylation sites (tertiary alicyclic amines) is 1. The van der Waals surface area contributed by atoms with Gasteiger partial charge in [0, 0.05) is 25.0 Å². The summed E-state index contributed by atoms with van der Waals surface area (Å²) < 4.78 is 7.77. The van der Waals surface area contributed by atoms with E-state index < -0.39 is 0 Å². The maximum atomic E-state index is 8.90. The third-order valence-electron chi connectivity index (χ3n) is 4.45. The summed E-state index contributed by atoms with van der Waals surface area (Å²) in [6, 6.07) is 5.49. The standard InChI is InChI=1S/C18H23N5O/c1-15-12-21-23(13-15)9-8-22-6-3-16(4-7-22)14-24-18-10-17(11-19)2-5-20-18/h2,5,10,12-13,16H,3-4,6-9,14H2,1H3. The molecule has 0 aromatic carbocycles. The Kier molecular flexibility index (Phi) is 5.44. The highest BCUT2D eigenvalue weighted by Crippen LogP contribution is 2.19. The molecule has 0 amide bonds. The molecule has 0 atom stereocenters. The monoisotopic (exact) mass is 325 g/mol. The summed E-state index contributed by atoms with van der Waals surface area (Å²) in [7, 11) is 0. The zero-order chi connectivity index (χ0) is 16.8. The van der Waals surface area contributed by atoms with Crippen LogP contribution in [0.5, 0.6) is 5.88 Å². The molecule has 1 fully saturated rings. The van der Waals surface area contributed by atoms with Gasteiger partial charge in [0.1, 0.15) is 0 Å². The highest BCUT2D eigenvalue weighted by atomic mass is 16.5. The van der Waals surface area contributed by atoms with E-state index in [-0.39, 0.29) is 0 Å². The zero-order valence-corrected chi connectivity index (χ0v) is 14.1. The lowest BCUT2D eigenvalue weighted by Crippen LogP contribution is -2.37. The Balaban J connectivity index is 1.38. The van der Waals surface area contributed by atoms with E-state index in [0.29, 0.717) is 24.0 Å². The first kappa shape index (κ1) is 16.5. The van der Waals surface area contributed by atoms with Gasteiger partial charge in [-0.2, -0.15) is 10.4 Å².